The molecule has 0 aliphatic rings. The summed E-state index contributed by atoms with van der Waals surface area (Å²) in [6.07, 6.45) is 2.13. The average Bonchev–Trinajstić information content (AvgIpc) is 2.67. The quantitative estimate of drug-likeness (QED) is 0.527. The Bertz CT molecular complexity index is 763. The number of carbonyl (C=O) groups excluding carboxylic acids is 1. The Hall–Kier alpha value is -2.75. The highest BCUT2D eigenvalue weighted by molar-refractivity contribution is 5.69. The number of hydrogen-bond acceptors (Lipinski definition) is 3. The van der Waals surface area contributed by atoms with Crippen LogP contribution in [0.5, 0.6) is 5.75 Å². The summed E-state index contributed by atoms with van der Waals surface area (Å²) in [6.45, 7) is 11.6. The molecule has 2 aromatic carbocycles. The molecule has 0 radical (unpaired) electrons. The van der Waals surface area contributed by atoms with E-state index in [2.05, 4.69) is 6.58 Å². The van der Waals surface area contributed by atoms with Crippen LogP contribution in [0.25, 0.3) is 0 Å². The number of hydrogen-bond donors (Lipinski definition) is 0. The Morgan fingerprint density at radius 1 is 1.07 bits per heavy atom. The van der Waals surface area contributed by atoms with Gasteiger partial charge in [0.05, 0.1) is 19.2 Å². The lowest BCUT2D eigenvalue weighted by Gasteiger charge is -2.38. The van der Waals surface area contributed by atoms with Gasteiger partial charge in [-0.25, -0.2) is 4.79 Å². The SMILES string of the molecule is C=CC[C@H](c1ccccc1)N(C(=O)OC(C)(C)C)[C@@H](C)c1ccc(OC)cc1. The maximum Gasteiger partial charge on any atom is 0.411 e. The number of rotatable bonds is 7. The van der Waals surface area contributed by atoms with Gasteiger partial charge in [0.1, 0.15) is 11.4 Å². The molecule has 4 nitrogen and oxygen atoms in total. The van der Waals surface area contributed by atoms with E-state index in [0.717, 1.165) is 16.9 Å². The van der Waals surface area contributed by atoms with Crippen LogP contribution in [0.15, 0.2) is 67.3 Å². The van der Waals surface area contributed by atoms with Gasteiger partial charge in [-0.15, -0.1) is 6.58 Å². The van der Waals surface area contributed by atoms with E-state index < -0.39 is 5.60 Å². The predicted molar refractivity (Wildman–Crippen MR) is 113 cm³/mol. The van der Waals surface area contributed by atoms with Crippen LogP contribution in [0.3, 0.4) is 0 Å². The molecule has 0 spiro atoms. The van der Waals surface area contributed by atoms with E-state index in [1.54, 1.807) is 7.11 Å². The van der Waals surface area contributed by atoms with Crippen molar-refractivity contribution in [3.8, 4) is 5.75 Å². The second kappa shape index (κ2) is 9.45. The van der Waals surface area contributed by atoms with Crippen molar-refractivity contribution in [2.45, 2.75) is 51.8 Å². The smallest absolute Gasteiger partial charge is 0.411 e. The van der Waals surface area contributed by atoms with Crippen molar-refractivity contribution in [1.82, 2.24) is 4.90 Å². The van der Waals surface area contributed by atoms with Crippen LogP contribution in [-0.2, 0) is 4.74 Å². The van der Waals surface area contributed by atoms with Gasteiger partial charge in [0.15, 0.2) is 0 Å². The fourth-order valence-electron chi connectivity index (χ4n) is 3.16. The highest BCUT2D eigenvalue weighted by Gasteiger charge is 2.33. The second-order valence-electron chi connectivity index (χ2n) is 7.79. The molecule has 0 N–H and O–H groups in total. The molecule has 4 heteroatoms. The van der Waals surface area contributed by atoms with E-state index >= 15 is 0 Å². The fourth-order valence-corrected chi connectivity index (χ4v) is 3.16. The average molecular weight is 382 g/mol. The van der Waals surface area contributed by atoms with Crippen LogP contribution < -0.4 is 4.74 Å². The summed E-state index contributed by atoms with van der Waals surface area (Å²) in [5.74, 6) is 0.783. The van der Waals surface area contributed by atoms with Crippen molar-refractivity contribution in [2.24, 2.45) is 0 Å². The van der Waals surface area contributed by atoms with Crippen molar-refractivity contribution in [1.29, 1.82) is 0 Å². The van der Waals surface area contributed by atoms with E-state index in [9.17, 15) is 4.79 Å². The molecule has 0 bridgehead atoms. The van der Waals surface area contributed by atoms with Crippen molar-refractivity contribution >= 4 is 6.09 Å². The number of benzene rings is 2. The first-order valence-electron chi connectivity index (χ1n) is 9.58. The van der Waals surface area contributed by atoms with E-state index in [1.807, 2.05) is 93.3 Å². The summed E-state index contributed by atoms with van der Waals surface area (Å²) < 4.78 is 11.0. The van der Waals surface area contributed by atoms with Crippen LogP contribution in [-0.4, -0.2) is 23.7 Å². The Kier molecular flexibility index (Phi) is 7.27. The molecule has 0 aliphatic heterocycles. The van der Waals surface area contributed by atoms with Crippen LogP contribution in [0.2, 0.25) is 0 Å². The highest BCUT2D eigenvalue weighted by Crippen LogP contribution is 2.35. The summed E-state index contributed by atoms with van der Waals surface area (Å²) in [5, 5.41) is 0. The van der Waals surface area contributed by atoms with Crippen LogP contribution in [0.1, 0.15) is 57.3 Å². The van der Waals surface area contributed by atoms with Gasteiger partial charge in [-0.05, 0) is 57.4 Å². The van der Waals surface area contributed by atoms with E-state index in [0.29, 0.717) is 6.42 Å². The molecular formula is C24H31NO3. The lowest BCUT2D eigenvalue weighted by atomic mass is 9.98. The number of nitrogens with zero attached hydrogens (tertiary/aromatic N) is 1. The van der Waals surface area contributed by atoms with Crippen molar-refractivity contribution in [3.63, 3.8) is 0 Å². The molecule has 1 amide bonds. The molecule has 0 unspecified atom stereocenters. The van der Waals surface area contributed by atoms with E-state index in [1.165, 1.54) is 0 Å². The zero-order valence-corrected chi connectivity index (χ0v) is 17.5. The summed E-state index contributed by atoms with van der Waals surface area (Å²) in [7, 11) is 1.64. The molecule has 0 saturated heterocycles. The zero-order chi connectivity index (χ0) is 20.7. The second-order valence-corrected chi connectivity index (χ2v) is 7.79. The number of carbonyl (C=O) groups is 1. The molecule has 0 saturated carbocycles. The first-order valence-corrected chi connectivity index (χ1v) is 9.58. The maximum atomic E-state index is 13.2. The van der Waals surface area contributed by atoms with Gasteiger partial charge >= 0.3 is 6.09 Å². The normalized spacial score (nSPS) is 13.3. The maximum absolute atomic E-state index is 13.2. The van der Waals surface area contributed by atoms with E-state index in [-0.39, 0.29) is 18.2 Å². The molecular weight excluding hydrogens is 350 g/mol. The lowest BCUT2D eigenvalue weighted by Crippen LogP contribution is -2.40. The first-order chi connectivity index (χ1) is 13.3. The third-order valence-electron chi connectivity index (χ3n) is 4.53. The van der Waals surface area contributed by atoms with Crippen molar-refractivity contribution in [3.05, 3.63) is 78.4 Å². The predicted octanol–water partition coefficient (Wildman–Crippen LogP) is 6.31. The Morgan fingerprint density at radius 2 is 1.68 bits per heavy atom. The number of ether oxygens (including phenoxy) is 2. The Balaban J connectivity index is 2.46. The fraction of sp³-hybridized carbons (Fsp3) is 0.375. The number of methoxy groups -OCH3 is 1. The molecule has 0 aliphatic carbocycles. The topological polar surface area (TPSA) is 38.8 Å². The monoisotopic (exact) mass is 381 g/mol. The van der Waals surface area contributed by atoms with Gasteiger partial charge in [-0.3, -0.25) is 4.90 Å². The summed E-state index contributed by atoms with van der Waals surface area (Å²) in [5.41, 5.74) is 1.48. The third-order valence-corrected chi connectivity index (χ3v) is 4.53. The molecule has 150 valence electrons. The van der Waals surface area contributed by atoms with Gasteiger partial charge < -0.3 is 9.47 Å². The van der Waals surface area contributed by atoms with Crippen molar-refractivity contribution in [2.75, 3.05) is 7.11 Å². The van der Waals surface area contributed by atoms with Crippen LogP contribution in [0, 0.1) is 0 Å². The van der Waals surface area contributed by atoms with Gasteiger partial charge in [0.2, 0.25) is 0 Å². The van der Waals surface area contributed by atoms with E-state index in [4.69, 9.17) is 9.47 Å². The standard InChI is InChI=1S/C24H31NO3/c1-7-11-22(20-12-9-8-10-13-20)25(23(26)28-24(3,4)5)18(2)19-14-16-21(27-6)17-15-19/h7-10,12-18,22H,1,11H2,2-6H3/t18-,22+/m0/s1. The van der Waals surface area contributed by atoms with Gasteiger partial charge in [0, 0.05) is 0 Å². The van der Waals surface area contributed by atoms with Crippen molar-refractivity contribution < 1.29 is 14.3 Å². The minimum absolute atomic E-state index is 0.175. The molecule has 28 heavy (non-hydrogen) atoms. The molecule has 2 aromatic rings. The van der Waals surface area contributed by atoms with Crippen LogP contribution in [0.4, 0.5) is 4.79 Å². The summed E-state index contributed by atoms with van der Waals surface area (Å²) in [6, 6.07) is 17.4. The van der Waals surface area contributed by atoms with Gasteiger partial charge in [0.25, 0.3) is 0 Å². The Morgan fingerprint density at radius 3 is 2.18 bits per heavy atom. The third kappa shape index (κ3) is 5.62. The summed E-state index contributed by atoms with van der Waals surface area (Å²) in [4.78, 5) is 15.0. The molecule has 2 rings (SSSR count). The van der Waals surface area contributed by atoms with Gasteiger partial charge in [-0.2, -0.15) is 0 Å². The zero-order valence-electron chi connectivity index (χ0n) is 17.5. The van der Waals surface area contributed by atoms with Gasteiger partial charge in [-0.1, -0.05) is 48.5 Å². The minimum Gasteiger partial charge on any atom is -0.497 e. The number of amides is 1. The Labute approximate surface area is 168 Å². The summed E-state index contributed by atoms with van der Waals surface area (Å²) >= 11 is 0. The molecule has 0 aromatic heterocycles. The largest absolute Gasteiger partial charge is 0.497 e. The highest BCUT2D eigenvalue weighted by atomic mass is 16.6. The van der Waals surface area contributed by atoms with Crippen LogP contribution >= 0.6 is 0 Å². The first kappa shape index (κ1) is 21.5. The lowest BCUT2D eigenvalue weighted by molar-refractivity contribution is 0.00608. The molecule has 0 heterocycles. The minimum atomic E-state index is -0.579. The molecule has 2 atom stereocenters. The molecule has 0 fully saturated rings.